The number of anilines is 1. The lowest BCUT2D eigenvalue weighted by molar-refractivity contribution is 0.410. The molecule has 0 atom stereocenters. The summed E-state index contributed by atoms with van der Waals surface area (Å²) in [6.45, 7) is 0.605. The number of hydrogen-bond acceptors (Lipinski definition) is 4. The third kappa shape index (κ3) is 3.88. The second-order valence-corrected chi connectivity index (χ2v) is 6.24. The zero-order chi connectivity index (χ0) is 19.3. The maximum absolute atomic E-state index is 13.1. The molecule has 0 saturated carbocycles. The van der Waals surface area contributed by atoms with Gasteiger partial charge >= 0.3 is 0 Å². The number of hydrogen-bond donors (Lipinski definition) is 1. The summed E-state index contributed by atoms with van der Waals surface area (Å²) < 4.78 is 24.4. The predicted octanol–water partition coefficient (Wildman–Crippen LogP) is 5.79. The first-order chi connectivity index (χ1) is 13.7. The normalized spacial score (nSPS) is 10.6. The van der Waals surface area contributed by atoms with Gasteiger partial charge in [0.25, 0.3) is 0 Å². The fourth-order valence-corrected chi connectivity index (χ4v) is 2.98. The van der Waals surface area contributed by atoms with E-state index in [1.54, 1.807) is 19.2 Å². The molecule has 28 heavy (non-hydrogen) atoms. The highest BCUT2D eigenvalue weighted by Crippen LogP contribution is 2.30. The van der Waals surface area contributed by atoms with Crippen LogP contribution in [0, 0.1) is 5.82 Å². The molecule has 0 bridgehead atoms. The molecule has 0 aliphatic rings. The van der Waals surface area contributed by atoms with Crippen molar-refractivity contribution in [2.24, 2.45) is 0 Å². The molecular weight excluding hydrogens is 355 g/mol. The van der Waals surface area contributed by atoms with Gasteiger partial charge in [0.15, 0.2) is 0 Å². The molecule has 0 aliphatic carbocycles. The Morgan fingerprint density at radius 3 is 2.46 bits per heavy atom. The maximum Gasteiger partial charge on any atom is 0.136 e. The zero-order valence-electron chi connectivity index (χ0n) is 15.4. The molecule has 1 aromatic heterocycles. The lowest BCUT2D eigenvalue weighted by atomic mass is 10.2. The van der Waals surface area contributed by atoms with Gasteiger partial charge in [0.1, 0.15) is 28.9 Å². The van der Waals surface area contributed by atoms with E-state index in [1.165, 1.54) is 12.1 Å². The van der Waals surface area contributed by atoms with Crippen LogP contribution in [-0.2, 0) is 6.54 Å². The predicted molar refractivity (Wildman–Crippen MR) is 109 cm³/mol. The van der Waals surface area contributed by atoms with Crippen LogP contribution >= 0.6 is 0 Å². The molecule has 0 saturated heterocycles. The second-order valence-electron chi connectivity index (χ2n) is 6.24. The van der Waals surface area contributed by atoms with Gasteiger partial charge in [0, 0.05) is 17.5 Å². The van der Waals surface area contributed by atoms with Crippen LogP contribution in [0.15, 0.2) is 78.9 Å². The number of methoxy groups -OCH3 is 1. The number of benzene rings is 3. The van der Waals surface area contributed by atoms with Gasteiger partial charge in [-0.3, -0.25) is 0 Å². The Morgan fingerprint density at radius 2 is 1.64 bits per heavy atom. The summed E-state index contributed by atoms with van der Waals surface area (Å²) in [6.07, 6.45) is 0. The Labute approximate surface area is 162 Å². The van der Waals surface area contributed by atoms with Crippen LogP contribution in [0.2, 0.25) is 0 Å². The van der Waals surface area contributed by atoms with Crippen LogP contribution in [0.4, 0.5) is 10.2 Å². The fraction of sp³-hybridized carbons (Fsp3) is 0.0870. The fourth-order valence-electron chi connectivity index (χ4n) is 2.98. The average molecular weight is 374 g/mol. The molecule has 4 rings (SSSR count). The monoisotopic (exact) mass is 374 g/mol. The molecule has 0 radical (unpaired) electrons. The molecule has 0 unspecified atom stereocenters. The molecular formula is C23H19FN2O2. The Balaban J connectivity index is 1.55. The van der Waals surface area contributed by atoms with E-state index in [1.807, 2.05) is 54.6 Å². The van der Waals surface area contributed by atoms with Crippen molar-refractivity contribution in [3.8, 4) is 17.2 Å². The zero-order valence-corrected chi connectivity index (χ0v) is 15.4. The molecule has 3 aromatic carbocycles. The van der Waals surface area contributed by atoms with E-state index in [4.69, 9.17) is 9.47 Å². The number of fused-ring (bicyclic) bond motifs is 1. The minimum atomic E-state index is -0.294. The molecule has 0 spiro atoms. The van der Waals surface area contributed by atoms with Gasteiger partial charge in [-0.05, 0) is 54.6 Å². The van der Waals surface area contributed by atoms with Crippen molar-refractivity contribution in [3.05, 3.63) is 90.2 Å². The first-order valence-electron chi connectivity index (χ1n) is 8.92. The molecule has 1 N–H and O–H groups in total. The number of pyridine rings is 1. The topological polar surface area (TPSA) is 43.4 Å². The van der Waals surface area contributed by atoms with Crippen molar-refractivity contribution in [3.63, 3.8) is 0 Å². The van der Waals surface area contributed by atoms with Crippen LogP contribution in [-0.4, -0.2) is 12.1 Å². The molecule has 0 fully saturated rings. The van der Waals surface area contributed by atoms with Crippen LogP contribution in [0.5, 0.6) is 17.2 Å². The highest BCUT2D eigenvalue weighted by Gasteiger charge is 2.07. The number of nitrogens with zero attached hydrogens (tertiary/aromatic N) is 1. The van der Waals surface area contributed by atoms with Crippen molar-refractivity contribution in [1.29, 1.82) is 0 Å². The number of para-hydroxylation sites is 1. The minimum Gasteiger partial charge on any atom is -0.496 e. The Kier molecular flexibility index (Phi) is 5.06. The van der Waals surface area contributed by atoms with Crippen LogP contribution in [0.1, 0.15) is 5.56 Å². The van der Waals surface area contributed by atoms with E-state index in [2.05, 4.69) is 10.3 Å². The highest BCUT2D eigenvalue weighted by atomic mass is 19.1. The van der Waals surface area contributed by atoms with Gasteiger partial charge in [0.05, 0.1) is 12.6 Å². The van der Waals surface area contributed by atoms with Gasteiger partial charge in [0.2, 0.25) is 0 Å². The second kappa shape index (κ2) is 7.96. The number of halogens is 1. The quantitative estimate of drug-likeness (QED) is 0.464. The summed E-state index contributed by atoms with van der Waals surface area (Å²) in [5, 5.41) is 4.21. The van der Waals surface area contributed by atoms with Crippen molar-refractivity contribution < 1.29 is 13.9 Å². The molecule has 140 valence electrons. The number of rotatable bonds is 6. The van der Waals surface area contributed by atoms with Gasteiger partial charge in [-0.15, -0.1) is 0 Å². The van der Waals surface area contributed by atoms with Crippen molar-refractivity contribution >= 4 is 16.7 Å². The lowest BCUT2D eigenvalue weighted by Crippen LogP contribution is -2.03. The van der Waals surface area contributed by atoms with Crippen LogP contribution in [0.25, 0.3) is 10.9 Å². The van der Waals surface area contributed by atoms with Crippen LogP contribution in [0.3, 0.4) is 0 Å². The molecule has 0 aliphatic heterocycles. The van der Waals surface area contributed by atoms with Gasteiger partial charge in [-0.25, -0.2) is 9.37 Å². The summed E-state index contributed by atoms with van der Waals surface area (Å²) >= 11 is 0. The Hall–Kier alpha value is -3.60. The number of nitrogens with one attached hydrogen (secondary N) is 1. The third-order valence-electron chi connectivity index (χ3n) is 4.39. The average Bonchev–Trinajstić information content (AvgIpc) is 2.74. The summed E-state index contributed by atoms with van der Waals surface area (Å²) in [6, 6.07) is 23.4. The Bertz CT molecular complexity index is 1100. The SMILES string of the molecule is COc1ccccc1CNc1ccc2c(Oc3ccc(F)cc3)cccc2n1. The molecule has 1 heterocycles. The highest BCUT2D eigenvalue weighted by molar-refractivity contribution is 5.86. The number of ether oxygens (including phenoxy) is 2. The molecule has 5 heteroatoms. The smallest absolute Gasteiger partial charge is 0.136 e. The standard InChI is InChI=1S/C23H19FN2O2/c1-27-21-7-3-2-5-16(21)15-25-23-14-13-19-20(26-23)6-4-8-22(19)28-18-11-9-17(24)10-12-18/h2-14H,15H2,1H3,(H,25,26). The minimum absolute atomic E-state index is 0.294. The van der Waals surface area contributed by atoms with Crippen molar-refractivity contribution in [1.82, 2.24) is 4.98 Å². The third-order valence-corrected chi connectivity index (χ3v) is 4.39. The summed E-state index contributed by atoms with van der Waals surface area (Å²) in [5.74, 6) is 2.56. The van der Waals surface area contributed by atoms with E-state index in [0.29, 0.717) is 18.0 Å². The van der Waals surface area contributed by atoms with Gasteiger partial charge < -0.3 is 14.8 Å². The van der Waals surface area contributed by atoms with E-state index in [0.717, 1.165) is 28.0 Å². The molecule has 4 aromatic rings. The van der Waals surface area contributed by atoms with Crippen molar-refractivity contribution in [2.45, 2.75) is 6.54 Å². The number of aromatic nitrogens is 1. The van der Waals surface area contributed by atoms with Gasteiger partial charge in [-0.1, -0.05) is 24.3 Å². The summed E-state index contributed by atoms with van der Waals surface area (Å²) in [4.78, 5) is 4.67. The van der Waals surface area contributed by atoms with E-state index < -0.39 is 0 Å². The largest absolute Gasteiger partial charge is 0.496 e. The van der Waals surface area contributed by atoms with Crippen molar-refractivity contribution in [2.75, 3.05) is 12.4 Å². The lowest BCUT2D eigenvalue weighted by Gasteiger charge is -2.12. The molecule has 4 nitrogen and oxygen atoms in total. The van der Waals surface area contributed by atoms with E-state index >= 15 is 0 Å². The van der Waals surface area contributed by atoms with Crippen LogP contribution < -0.4 is 14.8 Å². The maximum atomic E-state index is 13.1. The van der Waals surface area contributed by atoms with E-state index in [-0.39, 0.29) is 5.82 Å². The first kappa shape index (κ1) is 17.8. The summed E-state index contributed by atoms with van der Waals surface area (Å²) in [5.41, 5.74) is 1.87. The van der Waals surface area contributed by atoms with E-state index in [9.17, 15) is 4.39 Å². The van der Waals surface area contributed by atoms with Gasteiger partial charge in [-0.2, -0.15) is 0 Å². The summed E-state index contributed by atoms with van der Waals surface area (Å²) in [7, 11) is 1.66. The molecule has 0 amide bonds. The first-order valence-corrected chi connectivity index (χ1v) is 8.92. The Morgan fingerprint density at radius 1 is 0.857 bits per heavy atom.